The Hall–Kier alpha value is -1.39. The van der Waals surface area contributed by atoms with Crippen LogP contribution < -0.4 is 0 Å². The van der Waals surface area contributed by atoms with Crippen molar-refractivity contribution in [2.24, 2.45) is 0 Å². The molecule has 0 unspecified atom stereocenters. The zero-order valence-corrected chi connectivity index (χ0v) is 11.2. The highest BCUT2D eigenvalue weighted by atomic mass is 16.7. The molecule has 2 aromatic rings. The first-order valence-corrected chi connectivity index (χ1v) is 6.18. The number of ether oxygens (including phenoxy) is 2. The maximum absolute atomic E-state index is 6.02. The van der Waals surface area contributed by atoms with Gasteiger partial charge in [0.1, 0.15) is 0 Å². The first-order valence-electron chi connectivity index (χ1n) is 6.18. The molecule has 1 aliphatic heterocycles. The summed E-state index contributed by atoms with van der Waals surface area (Å²) in [5, 5.41) is 8.03. The molecule has 3 rings (SSSR count). The Labute approximate surface area is 106 Å². The van der Waals surface area contributed by atoms with E-state index in [1.165, 1.54) is 0 Å². The topological polar surface area (TPSA) is 47.1 Å². The van der Waals surface area contributed by atoms with Crippen LogP contribution in [-0.4, -0.2) is 21.4 Å². The first-order chi connectivity index (χ1) is 8.39. The van der Waals surface area contributed by atoms with E-state index in [9.17, 15) is 0 Å². The number of fused-ring (bicyclic) bond motifs is 1. The molecule has 18 heavy (non-hydrogen) atoms. The fourth-order valence-electron chi connectivity index (χ4n) is 2.09. The number of nitrogens with zero attached hydrogens (tertiary/aromatic N) is 1. The molecule has 4 heteroatoms. The summed E-state index contributed by atoms with van der Waals surface area (Å²) >= 11 is 0. The van der Waals surface area contributed by atoms with Crippen molar-refractivity contribution in [1.29, 1.82) is 0 Å². The van der Waals surface area contributed by atoms with Crippen LogP contribution in [0.15, 0.2) is 24.4 Å². The van der Waals surface area contributed by atoms with Crippen LogP contribution in [0.1, 0.15) is 39.5 Å². The van der Waals surface area contributed by atoms with Crippen molar-refractivity contribution in [3.63, 3.8) is 0 Å². The molecule has 0 bridgehead atoms. The molecule has 1 aliphatic rings. The summed E-state index contributed by atoms with van der Waals surface area (Å²) < 4.78 is 12.0. The van der Waals surface area contributed by atoms with Crippen LogP contribution in [0.25, 0.3) is 10.9 Å². The van der Waals surface area contributed by atoms with Gasteiger partial charge < -0.3 is 9.47 Å². The summed E-state index contributed by atoms with van der Waals surface area (Å²) in [5.41, 5.74) is 1.45. The summed E-state index contributed by atoms with van der Waals surface area (Å²) in [6.45, 7) is 8.24. The smallest absolute Gasteiger partial charge is 0.185 e. The fraction of sp³-hybridized carbons (Fsp3) is 0.500. The molecule has 1 saturated heterocycles. The number of hydrogen-bond acceptors (Lipinski definition) is 3. The highest BCUT2D eigenvalue weighted by Gasteiger charge is 2.49. The summed E-state index contributed by atoms with van der Waals surface area (Å²) in [4.78, 5) is 0. The van der Waals surface area contributed by atoms with Gasteiger partial charge in [-0.05, 0) is 39.8 Å². The molecule has 0 amide bonds. The lowest BCUT2D eigenvalue weighted by atomic mass is 9.90. The maximum atomic E-state index is 6.02. The van der Waals surface area contributed by atoms with E-state index in [4.69, 9.17) is 9.47 Å². The largest absolute Gasteiger partial charge is 0.339 e. The van der Waals surface area contributed by atoms with Crippen molar-refractivity contribution in [3.8, 4) is 0 Å². The van der Waals surface area contributed by atoms with Crippen LogP contribution in [0.4, 0.5) is 0 Å². The minimum atomic E-state index is -0.311. The van der Waals surface area contributed by atoms with E-state index in [0.717, 1.165) is 16.5 Å². The molecule has 2 heterocycles. The van der Waals surface area contributed by atoms with E-state index >= 15 is 0 Å². The van der Waals surface area contributed by atoms with Gasteiger partial charge in [0.15, 0.2) is 6.29 Å². The average Bonchev–Trinajstić information content (AvgIpc) is 2.80. The second-order valence-electron chi connectivity index (χ2n) is 5.80. The summed E-state index contributed by atoms with van der Waals surface area (Å²) in [6, 6.07) is 6.08. The summed E-state index contributed by atoms with van der Waals surface area (Å²) in [7, 11) is 0. The standard InChI is InChI=1S/C14H18N2O2/c1-13(2)14(3,4)18-12(17-13)9-5-6-11-10(7-9)8-15-16-11/h5-8,12H,1-4H3,(H,15,16). The minimum absolute atomic E-state index is 0.303. The first kappa shape index (κ1) is 11.7. The third kappa shape index (κ3) is 1.64. The molecule has 96 valence electrons. The van der Waals surface area contributed by atoms with Crippen molar-refractivity contribution in [2.75, 3.05) is 0 Å². The molecule has 0 atom stereocenters. The van der Waals surface area contributed by atoms with Gasteiger partial charge in [-0.2, -0.15) is 5.10 Å². The van der Waals surface area contributed by atoms with Crippen LogP contribution in [0.3, 0.4) is 0 Å². The van der Waals surface area contributed by atoms with Crippen molar-refractivity contribution < 1.29 is 9.47 Å². The van der Waals surface area contributed by atoms with Crippen LogP contribution in [0, 0.1) is 0 Å². The van der Waals surface area contributed by atoms with Crippen LogP contribution in [0.5, 0.6) is 0 Å². The Morgan fingerprint density at radius 1 is 1.11 bits per heavy atom. The Kier molecular flexibility index (Phi) is 2.31. The van der Waals surface area contributed by atoms with Crippen molar-refractivity contribution in [3.05, 3.63) is 30.0 Å². The summed E-state index contributed by atoms with van der Waals surface area (Å²) in [5.74, 6) is 0. The van der Waals surface area contributed by atoms with Gasteiger partial charge in [0.25, 0.3) is 0 Å². The van der Waals surface area contributed by atoms with Gasteiger partial charge in [0.05, 0.1) is 22.9 Å². The van der Waals surface area contributed by atoms with E-state index in [2.05, 4.69) is 44.0 Å². The Morgan fingerprint density at radius 2 is 1.78 bits per heavy atom. The molecule has 4 nitrogen and oxygen atoms in total. The molecular weight excluding hydrogens is 228 g/mol. The molecule has 0 saturated carbocycles. The SMILES string of the molecule is CC1(C)OC(c2ccc3[nH]ncc3c2)OC1(C)C. The van der Waals surface area contributed by atoms with Crippen LogP contribution in [-0.2, 0) is 9.47 Å². The summed E-state index contributed by atoms with van der Waals surface area (Å²) in [6.07, 6.45) is 1.50. The second kappa shape index (κ2) is 3.56. The van der Waals surface area contributed by atoms with Crippen LogP contribution in [0.2, 0.25) is 0 Å². The van der Waals surface area contributed by atoms with Crippen molar-refractivity contribution >= 4 is 10.9 Å². The lowest BCUT2D eigenvalue weighted by molar-refractivity contribution is -0.0894. The fourth-order valence-corrected chi connectivity index (χ4v) is 2.09. The molecule has 1 N–H and O–H groups in total. The van der Waals surface area contributed by atoms with E-state index < -0.39 is 0 Å². The number of nitrogens with one attached hydrogen (secondary N) is 1. The Morgan fingerprint density at radius 3 is 2.44 bits per heavy atom. The maximum Gasteiger partial charge on any atom is 0.185 e. The van der Waals surface area contributed by atoms with Gasteiger partial charge in [-0.25, -0.2) is 0 Å². The average molecular weight is 246 g/mol. The van der Waals surface area contributed by atoms with E-state index in [0.29, 0.717) is 0 Å². The van der Waals surface area contributed by atoms with E-state index in [1.807, 2.05) is 18.3 Å². The normalized spacial score (nSPS) is 22.7. The third-order valence-electron chi connectivity index (χ3n) is 3.99. The number of benzene rings is 1. The predicted octanol–water partition coefficient (Wildman–Crippen LogP) is 3.17. The molecule has 1 fully saturated rings. The predicted molar refractivity (Wildman–Crippen MR) is 69.2 cm³/mol. The number of aromatic amines is 1. The quantitative estimate of drug-likeness (QED) is 0.840. The molecule has 0 spiro atoms. The van der Waals surface area contributed by atoms with Crippen LogP contribution >= 0.6 is 0 Å². The van der Waals surface area contributed by atoms with Crippen molar-refractivity contribution in [1.82, 2.24) is 10.2 Å². The Bertz CT molecular complexity index is 570. The van der Waals surface area contributed by atoms with Gasteiger partial charge in [0, 0.05) is 10.9 Å². The van der Waals surface area contributed by atoms with Gasteiger partial charge in [-0.3, -0.25) is 5.10 Å². The number of aromatic nitrogens is 2. The minimum Gasteiger partial charge on any atom is -0.339 e. The molecule has 1 aromatic carbocycles. The van der Waals surface area contributed by atoms with E-state index in [-0.39, 0.29) is 17.5 Å². The van der Waals surface area contributed by atoms with Crippen molar-refractivity contribution in [2.45, 2.75) is 45.2 Å². The number of H-pyrrole nitrogens is 1. The van der Waals surface area contributed by atoms with Gasteiger partial charge >= 0.3 is 0 Å². The Balaban J connectivity index is 1.96. The van der Waals surface area contributed by atoms with Gasteiger partial charge in [0.2, 0.25) is 0 Å². The third-order valence-corrected chi connectivity index (χ3v) is 3.99. The van der Waals surface area contributed by atoms with E-state index in [1.54, 1.807) is 0 Å². The molecule has 0 aliphatic carbocycles. The highest BCUT2D eigenvalue weighted by Crippen LogP contribution is 2.44. The number of hydrogen-bond donors (Lipinski definition) is 1. The monoisotopic (exact) mass is 246 g/mol. The zero-order valence-electron chi connectivity index (χ0n) is 11.2. The molecule has 1 aromatic heterocycles. The molecular formula is C14H18N2O2. The number of rotatable bonds is 1. The zero-order chi connectivity index (χ0) is 13.0. The lowest BCUT2D eigenvalue weighted by Crippen LogP contribution is -2.41. The lowest BCUT2D eigenvalue weighted by Gasteiger charge is -2.30. The van der Waals surface area contributed by atoms with Gasteiger partial charge in [-0.15, -0.1) is 0 Å². The highest BCUT2D eigenvalue weighted by molar-refractivity contribution is 5.78. The molecule has 0 radical (unpaired) electrons. The van der Waals surface area contributed by atoms with Gasteiger partial charge in [-0.1, -0.05) is 6.07 Å². The second-order valence-corrected chi connectivity index (χ2v) is 5.80.